The fourth-order valence-electron chi connectivity index (χ4n) is 2.11. The van der Waals surface area contributed by atoms with Crippen molar-refractivity contribution in [3.63, 3.8) is 0 Å². The van der Waals surface area contributed by atoms with Crippen LogP contribution in [0.3, 0.4) is 0 Å². The molecule has 1 aliphatic rings. The van der Waals surface area contributed by atoms with Crippen LogP contribution < -0.4 is 0 Å². The molecule has 4 nitrogen and oxygen atoms in total. The number of rotatable bonds is 2. The van der Waals surface area contributed by atoms with Crippen LogP contribution in [0.5, 0.6) is 0 Å². The molecule has 0 aromatic heterocycles. The number of benzene rings is 1. The number of amides is 1. The van der Waals surface area contributed by atoms with Crippen molar-refractivity contribution in [1.29, 1.82) is 0 Å². The number of likely N-dealkylation sites (tertiary alicyclic amines) is 1. The van der Waals surface area contributed by atoms with Gasteiger partial charge in [0.05, 0.1) is 5.56 Å². The normalized spacial score (nSPS) is 19.0. The van der Waals surface area contributed by atoms with E-state index in [1.165, 1.54) is 17.0 Å². The maximum absolute atomic E-state index is 13.7. The third kappa shape index (κ3) is 2.25. The molecule has 1 atom stereocenters. The Morgan fingerprint density at radius 1 is 1.44 bits per heavy atom. The summed E-state index contributed by atoms with van der Waals surface area (Å²) in [6, 6.07) is 3.37. The molecule has 0 radical (unpaired) electrons. The van der Waals surface area contributed by atoms with E-state index in [1.807, 2.05) is 0 Å². The molecule has 1 saturated heterocycles. The zero-order chi connectivity index (χ0) is 13.3. The van der Waals surface area contributed by atoms with E-state index in [0.717, 1.165) is 0 Å². The highest BCUT2D eigenvalue weighted by Gasteiger charge is 2.35. The summed E-state index contributed by atoms with van der Waals surface area (Å²) in [5, 5.41) is 9.02. The molecule has 0 bridgehead atoms. The van der Waals surface area contributed by atoms with Crippen molar-refractivity contribution in [2.75, 3.05) is 6.54 Å². The van der Waals surface area contributed by atoms with Crippen LogP contribution in [0.15, 0.2) is 22.7 Å². The van der Waals surface area contributed by atoms with E-state index >= 15 is 0 Å². The number of carbonyl (C=O) groups is 2. The lowest BCUT2D eigenvalue weighted by Gasteiger charge is -2.22. The van der Waals surface area contributed by atoms with Gasteiger partial charge in [-0.2, -0.15) is 0 Å². The van der Waals surface area contributed by atoms with Gasteiger partial charge in [0.2, 0.25) is 0 Å². The Bertz CT molecular complexity index is 486. The molecule has 1 heterocycles. The van der Waals surface area contributed by atoms with Crippen LogP contribution in [0.25, 0.3) is 0 Å². The van der Waals surface area contributed by atoms with Crippen LogP contribution in [0.4, 0.5) is 4.39 Å². The van der Waals surface area contributed by atoms with Gasteiger partial charge in [-0.15, -0.1) is 0 Å². The first-order valence-electron chi connectivity index (χ1n) is 5.50. The summed E-state index contributed by atoms with van der Waals surface area (Å²) >= 11 is 3.12. The number of carboxylic acid groups (broad SMARTS) is 1. The van der Waals surface area contributed by atoms with E-state index in [4.69, 9.17) is 5.11 Å². The maximum Gasteiger partial charge on any atom is 0.326 e. The third-order valence-corrected chi connectivity index (χ3v) is 3.64. The molecule has 2 rings (SSSR count). The molecule has 1 N–H and O–H groups in total. The average Bonchev–Trinajstić information content (AvgIpc) is 2.77. The highest BCUT2D eigenvalue weighted by atomic mass is 79.9. The number of nitrogens with zero attached hydrogens (tertiary/aromatic N) is 1. The van der Waals surface area contributed by atoms with E-state index in [0.29, 0.717) is 23.9 Å². The maximum atomic E-state index is 13.7. The van der Waals surface area contributed by atoms with Gasteiger partial charge in [0.25, 0.3) is 5.91 Å². The zero-order valence-corrected chi connectivity index (χ0v) is 11.0. The van der Waals surface area contributed by atoms with Gasteiger partial charge in [0.15, 0.2) is 0 Å². The second-order valence-corrected chi connectivity index (χ2v) is 4.95. The fraction of sp³-hybridized carbons (Fsp3) is 0.333. The minimum Gasteiger partial charge on any atom is -0.480 e. The summed E-state index contributed by atoms with van der Waals surface area (Å²) in [6.07, 6.45) is 1.03. The molecular weight excluding hydrogens is 305 g/mol. The standard InChI is InChI=1S/C12H11BrFNO3/c13-7-3-1-4-8(14)10(7)11(16)15-6-2-5-9(15)12(17)18/h1,3-4,9H,2,5-6H2,(H,17,18)/t9-/m0/s1. The molecule has 6 heteroatoms. The summed E-state index contributed by atoms with van der Waals surface area (Å²) < 4.78 is 14.0. The van der Waals surface area contributed by atoms with Gasteiger partial charge in [-0.3, -0.25) is 4.79 Å². The Morgan fingerprint density at radius 3 is 2.78 bits per heavy atom. The first-order valence-corrected chi connectivity index (χ1v) is 6.29. The van der Waals surface area contributed by atoms with Crippen molar-refractivity contribution in [2.24, 2.45) is 0 Å². The Balaban J connectivity index is 2.34. The predicted octanol–water partition coefficient (Wildman–Crippen LogP) is 2.28. The van der Waals surface area contributed by atoms with Crippen LogP contribution >= 0.6 is 15.9 Å². The van der Waals surface area contributed by atoms with Gasteiger partial charge >= 0.3 is 5.97 Å². The molecule has 0 spiro atoms. The molecule has 18 heavy (non-hydrogen) atoms. The van der Waals surface area contributed by atoms with E-state index in [9.17, 15) is 14.0 Å². The number of aliphatic carboxylic acids is 1. The molecule has 0 aliphatic carbocycles. The molecule has 0 saturated carbocycles. The Morgan fingerprint density at radius 2 is 2.17 bits per heavy atom. The minimum absolute atomic E-state index is 0.106. The highest BCUT2D eigenvalue weighted by Crippen LogP contribution is 2.26. The molecule has 1 aromatic carbocycles. The van der Waals surface area contributed by atoms with Crippen molar-refractivity contribution in [3.05, 3.63) is 34.1 Å². The second kappa shape index (κ2) is 5.06. The molecule has 96 valence electrons. The smallest absolute Gasteiger partial charge is 0.326 e. The number of hydrogen-bond acceptors (Lipinski definition) is 2. The Kier molecular flexibility index (Phi) is 3.65. The first-order chi connectivity index (χ1) is 8.52. The molecule has 1 fully saturated rings. The molecule has 0 unspecified atom stereocenters. The van der Waals surface area contributed by atoms with Crippen molar-refractivity contribution >= 4 is 27.8 Å². The quantitative estimate of drug-likeness (QED) is 0.911. The zero-order valence-electron chi connectivity index (χ0n) is 9.40. The summed E-state index contributed by atoms with van der Waals surface area (Å²) in [5.74, 6) is -2.27. The lowest BCUT2D eigenvalue weighted by Crippen LogP contribution is -2.40. The van der Waals surface area contributed by atoms with E-state index in [1.54, 1.807) is 6.07 Å². The van der Waals surface area contributed by atoms with E-state index in [-0.39, 0.29) is 5.56 Å². The van der Waals surface area contributed by atoms with Crippen LogP contribution in [0, 0.1) is 5.82 Å². The van der Waals surface area contributed by atoms with Crippen molar-refractivity contribution in [3.8, 4) is 0 Å². The fourth-order valence-corrected chi connectivity index (χ4v) is 2.62. The SMILES string of the molecule is O=C(O)[C@@H]1CCCN1C(=O)c1c(F)cccc1Br. The third-order valence-electron chi connectivity index (χ3n) is 2.98. The monoisotopic (exact) mass is 315 g/mol. The highest BCUT2D eigenvalue weighted by molar-refractivity contribution is 9.10. The van der Waals surface area contributed by atoms with Crippen molar-refractivity contribution < 1.29 is 19.1 Å². The topological polar surface area (TPSA) is 57.6 Å². The van der Waals surface area contributed by atoms with Gasteiger partial charge in [-0.25, -0.2) is 9.18 Å². The summed E-state index contributed by atoms with van der Waals surface area (Å²) in [5.41, 5.74) is -0.106. The van der Waals surface area contributed by atoms with Gasteiger partial charge in [-0.05, 0) is 40.9 Å². The number of carboxylic acids is 1. The Labute approximate surface area is 112 Å². The number of hydrogen-bond donors (Lipinski definition) is 1. The molecule has 1 aromatic rings. The largest absolute Gasteiger partial charge is 0.480 e. The van der Waals surface area contributed by atoms with Gasteiger partial charge in [-0.1, -0.05) is 6.07 Å². The van der Waals surface area contributed by atoms with Crippen LogP contribution in [0.2, 0.25) is 0 Å². The lowest BCUT2D eigenvalue weighted by molar-refractivity contribution is -0.141. The number of halogens is 2. The van der Waals surface area contributed by atoms with Gasteiger partial charge < -0.3 is 10.0 Å². The van der Waals surface area contributed by atoms with Crippen molar-refractivity contribution in [2.45, 2.75) is 18.9 Å². The summed E-state index contributed by atoms with van der Waals surface area (Å²) in [7, 11) is 0. The number of carbonyl (C=O) groups excluding carboxylic acids is 1. The van der Waals surface area contributed by atoms with E-state index < -0.39 is 23.7 Å². The molecular formula is C12H11BrFNO3. The second-order valence-electron chi connectivity index (χ2n) is 4.09. The molecule has 1 amide bonds. The Hall–Kier alpha value is -1.43. The average molecular weight is 316 g/mol. The van der Waals surface area contributed by atoms with Gasteiger partial charge in [0.1, 0.15) is 11.9 Å². The first kappa shape index (κ1) is 13.0. The van der Waals surface area contributed by atoms with Crippen LogP contribution in [0.1, 0.15) is 23.2 Å². The van der Waals surface area contributed by atoms with Crippen LogP contribution in [-0.4, -0.2) is 34.5 Å². The summed E-state index contributed by atoms with van der Waals surface area (Å²) in [6.45, 7) is 0.344. The minimum atomic E-state index is -1.05. The van der Waals surface area contributed by atoms with Crippen molar-refractivity contribution in [1.82, 2.24) is 4.90 Å². The molecule has 1 aliphatic heterocycles. The van der Waals surface area contributed by atoms with Crippen LogP contribution in [-0.2, 0) is 4.79 Å². The van der Waals surface area contributed by atoms with E-state index in [2.05, 4.69) is 15.9 Å². The predicted molar refractivity (Wildman–Crippen MR) is 65.8 cm³/mol. The summed E-state index contributed by atoms with van der Waals surface area (Å²) in [4.78, 5) is 24.4. The van der Waals surface area contributed by atoms with Gasteiger partial charge in [0, 0.05) is 11.0 Å². The lowest BCUT2D eigenvalue weighted by atomic mass is 10.1.